The number of nitrogens with zero attached hydrogens (tertiary/aromatic N) is 2. The van der Waals surface area contributed by atoms with Crippen LogP contribution < -0.4 is 15.0 Å². The van der Waals surface area contributed by atoms with Crippen molar-refractivity contribution in [3.8, 4) is 5.75 Å². The molecule has 4 aromatic rings. The number of hydrogen-bond donors (Lipinski definition) is 3. The van der Waals surface area contributed by atoms with Gasteiger partial charge in [-0.25, -0.2) is 0 Å². The van der Waals surface area contributed by atoms with Gasteiger partial charge in [0, 0.05) is 45.8 Å². The summed E-state index contributed by atoms with van der Waals surface area (Å²) >= 11 is 3.60. The molecular formula is C40H44BrN3O7Si. The van der Waals surface area contributed by atoms with Gasteiger partial charge in [0.15, 0.2) is 13.9 Å². The molecule has 2 aliphatic heterocycles. The minimum Gasteiger partial charge on any atom is -0.497 e. The number of carbonyl (C=O) groups excluding carboxylic acids is 3. The lowest BCUT2D eigenvalue weighted by atomic mass is 9.82. The third kappa shape index (κ3) is 7.44. The Morgan fingerprint density at radius 3 is 2.38 bits per heavy atom. The summed E-state index contributed by atoms with van der Waals surface area (Å²) in [6, 6.07) is 29.4. The first-order chi connectivity index (χ1) is 24.8. The first-order valence-corrected chi connectivity index (χ1v) is 21.2. The monoisotopic (exact) mass is 785 g/mol. The lowest BCUT2D eigenvalue weighted by molar-refractivity contribution is -0.150. The number of carbonyl (C=O) groups is 3. The summed E-state index contributed by atoms with van der Waals surface area (Å²) in [6.45, 7) is 6.07. The lowest BCUT2D eigenvalue weighted by Crippen LogP contribution is -2.46. The molecule has 0 aromatic heterocycles. The largest absolute Gasteiger partial charge is 0.497 e. The van der Waals surface area contributed by atoms with Gasteiger partial charge in [0.2, 0.25) is 5.91 Å². The van der Waals surface area contributed by atoms with Crippen LogP contribution in [0.2, 0.25) is 18.6 Å². The molecule has 0 bridgehead atoms. The summed E-state index contributed by atoms with van der Waals surface area (Å²) in [5, 5.41) is 12.8. The molecule has 10 nitrogen and oxygen atoms in total. The van der Waals surface area contributed by atoms with Crippen molar-refractivity contribution in [3.63, 3.8) is 0 Å². The normalized spacial score (nSPS) is 20.9. The number of hydrogen-bond acceptors (Lipinski definition) is 7. The van der Waals surface area contributed by atoms with Gasteiger partial charge < -0.3 is 34.5 Å². The van der Waals surface area contributed by atoms with Gasteiger partial charge in [-0.2, -0.15) is 0 Å². The van der Waals surface area contributed by atoms with Gasteiger partial charge >= 0.3 is 0 Å². The third-order valence-electron chi connectivity index (χ3n) is 10.1. The Balaban J connectivity index is 1.28. The second kappa shape index (κ2) is 15.3. The second-order valence-electron chi connectivity index (χ2n) is 14.0. The van der Waals surface area contributed by atoms with Gasteiger partial charge in [-0.05, 0) is 78.8 Å². The number of halogens is 1. The smallest absolute Gasteiger partial charge is 0.264 e. The molecule has 6 rings (SSSR count). The Kier molecular flexibility index (Phi) is 11.0. The maximum atomic E-state index is 14.9. The molecule has 52 heavy (non-hydrogen) atoms. The standard InChI is InChI=1S/C40H44BrN3O7Si/c1-26-37(52(3,4)49)35(23-36(46)43(19-20-45)24-27-9-6-5-7-10-27)51-40(26)33-22-30(41)15-18-34(33)44(39(40)48)25-28-11-8-12-31(21-28)42-38(47)29-13-16-32(50-2)17-14-29/h5-18,21-22,26,35,37,45,49H,19-20,23-25H2,1-4H3,(H,42,47)/t26-,35+,37-,40+/m1/s1. The highest BCUT2D eigenvalue weighted by molar-refractivity contribution is 9.10. The topological polar surface area (TPSA) is 129 Å². The van der Waals surface area contributed by atoms with Crippen molar-refractivity contribution >= 4 is 53.3 Å². The van der Waals surface area contributed by atoms with Gasteiger partial charge in [0.1, 0.15) is 5.75 Å². The quantitative estimate of drug-likeness (QED) is 0.141. The molecule has 0 radical (unpaired) electrons. The molecule has 1 spiro atoms. The number of benzene rings is 4. The number of rotatable bonds is 12. The first kappa shape index (κ1) is 37.4. The Morgan fingerprint density at radius 2 is 1.71 bits per heavy atom. The molecule has 1 fully saturated rings. The first-order valence-electron chi connectivity index (χ1n) is 17.3. The lowest BCUT2D eigenvalue weighted by Gasteiger charge is -2.32. The van der Waals surface area contributed by atoms with E-state index in [9.17, 15) is 24.3 Å². The molecule has 4 atom stereocenters. The Labute approximate surface area is 313 Å². The van der Waals surface area contributed by atoms with Crippen LogP contribution in [0.25, 0.3) is 0 Å². The van der Waals surface area contributed by atoms with Gasteiger partial charge in [0.05, 0.1) is 38.5 Å². The average molecular weight is 787 g/mol. The van der Waals surface area contributed by atoms with E-state index < -0.39 is 31.5 Å². The van der Waals surface area contributed by atoms with Crippen LogP contribution >= 0.6 is 15.9 Å². The molecule has 2 heterocycles. The van der Waals surface area contributed by atoms with Crippen LogP contribution in [0.5, 0.6) is 5.75 Å². The van der Waals surface area contributed by atoms with E-state index >= 15 is 0 Å². The highest BCUT2D eigenvalue weighted by Gasteiger charge is 2.66. The molecule has 1 saturated heterocycles. The fourth-order valence-corrected chi connectivity index (χ4v) is 10.7. The number of nitrogens with one attached hydrogen (secondary N) is 1. The predicted molar refractivity (Wildman–Crippen MR) is 205 cm³/mol. The predicted octanol–water partition coefficient (Wildman–Crippen LogP) is 6.47. The molecule has 3 N–H and O–H groups in total. The van der Waals surface area contributed by atoms with Crippen molar-refractivity contribution in [2.75, 3.05) is 30.5 Å². The van der Waals surface area contributed by atoms with Gasteiger partial charge in [-0.15, -0.1) is 0 Å². The molecule has 2 aliphatic rings. The van der Waals surface area contributed by atoms with Crippen molar-refractivity contribution < 1.29 is 33.8 Å². The summed E-state index contributed by atoms with van der Waals surface area (Å²) in [5.74, 6) is -0.572. The van der Waals surface area contributed by atoms with E-state index in [2.05, 4.69) is 21.2 Å². The van der Waals surface area contributed by atoms with Gasteiger partial charge in [0.25, 0.3) is 11.8 Å². The minimum absolute atomic E-state index is 0.0485. The maximum absolute atomic E-state index is 14.9. The highest BCUT2D eigenvalue weighted by Crippen LogP contribution is 2.60. The van der Waals surface area contributed by atoms with Crippen LogP contribution in [0.1, 0.15) is 40.4 Å². The molecular weight excluding hydrogens is 742 g/mol. The van der Waals surface area contributed by atoms with E-state index in [-0.39, 0.29) is 43.8 Å². The molecule has 4 aromatic carbocycles. The Bertz CT molecular complexity index is 1940. The summed E-state index contributed by atoms with van der Waals surface area (Å²) in [7, 11) is -1.46. The molecule has 0 aliphatic carbocycles. The van der Waals surface area contributed by atoms with Crippen LogP contribution in [0.3, 0.4) is 0 Å². The average Bonchev–Trinajstić information content (AvgIpc) is 3.54. The van der Waals surface area contributed by atoms with E-state index in [1.54, 1.807) is 47.2 Å². The summed E-state index contributed by atoms with van der Waals surface area (Å²) in [5.41, 5.74) is 2.25. The van der Waals surface area contributed by atoms with Crippen LogP contribution in [0.15, 0.2) is 102 Å². The van der Waals surface area contributed by atoms with Gasteiger partial charge in [-0.1, -0.05) is 65.3 Å². The number of aliphatic hydroxyl groups is 1. The highest BCUT2D eigenvalue weighted by atomic mass is 79.9. The van der Waals surface area contributed by atoms with E-state index in [1.807, 2.05) is 86.7 Å². The number of anilines is 2. The number of ether oxygens (including phenoxy) is 2. The van der Waals surface area contributed by atoms with Gasteiger partial charge in [-0.3, -0.25) is 14.4 Å². The molecule has 272 valence electrons. The second-order valence-corrected chi connectivity index (χ2v) is 18.9. The van der Waals surface area contributed by atoms with Crippen molar-refractivity contribution in [3.05, 3.63) is 124 Å². The van der Waals surface area contributed by atoms with Crippen molar-refractivity contribution in [1.29, 1.82) is 0 Å². The number of methoxy groups -OCH3 is 1. The Morgan fingerprint density at radius 1 is 1.00 bits per heavy atom. The molecule has 0 saturated carbocycles. The fraction of sp³-hybridized carbons (Fsp3) is 0.325. The van der Waals surface area contributed by atoms with Crippen LogP contribution in [0, 0.1) is 5.92 Å². The maximum Gasteiger partial charge on any atom is 0.264 e. The summed E-state index contributed by atoms with van der Waals surface area (Å²) in [6.07, 6.45) is -0.786. The fourth-order valence-electron chi connectivity index (χ4n) is 7.80. The van der Waals surface area contributed by atoms with Crippen molar-refractivity contribution in [1.82, 2.24) is 4.90 Å². The zero-order chi connectivity index (χ0) is 37.2. The number of fused-ring (bicyclic) bond motifs is 2. The molecule has 0 unspecified atom stereocenters. The number of amides is 3. The molecule has 12 heteroatoms. The Hall–Kier alpha value is -4.33. The van der Waals surface area contributed by atoms with Crippen molar-refractivity contribution in [2.45, 2.75) is 56.8 Å². The van der Waals surface area contributed by atoms with Crippen LogP contribution in [-0.2, 0) is 33.0 Å². The van der Waals surface area contributed by atoms with Crippen molar-refractivity contribution in [2.24, 2.45) is 5.92 Å². The summed E-state index contributed by atoms with van der Waals surface area (Å²) in [4.78, 5) is 56.9. The van der Waals surface area contributed by atoms with E-state index in [0.29, 0.717) is 34.8 Å². The van der Waals surface area contributed by atoms with Crippen LogP contribution in [-0.4, -0.2) is 67.2 Å². The third-order valence-corrected chi connectivity index (χ3v) is 13.1. The van der Waals surface area contributed by atoms with E-state index in [1.165, 1.54) is 0 Å². The minimum atomic E-state index is -3.03. The SMILES string of the molecule is COc1ccc(C(=O)Nc2cccc(CN3C(=O)[C@@]4(O[C@@H](CC(=O)N(CCO)Cc5ccccc5)[C@H]([Si](C)(C)O)[C@H]4C)c4cc(Br)ccc43)c2)cc1. The van der Waals surface area contributed by atoms with Crippen LogP contribution in [0.4, 0.5) is 11.4 Å². The molecule has 3 amide bonds. The van der Waals surface area contributed by atoms with E-state index in [4.69, 9.17) is 9.47 Å². The van der Waals surface area contributed by atoms with E-state index in [0.717, 1.165) is 15.6 Å². The zero-order valence-electron chi connectivity index (χ0n) is 29.7. The number of aliphatic hydroxyl groups excluding tert-OH is 1. The zero-order valence-corrected chi connectivity index (χ0v) is 32.3. The summed E-state index contributed by atoms with van der Waals surface area (Å²) < 4.78 is 12.9.